The Kier molecular flexibility index (Phi) is 12.1. The van der Waals surface area contributed by atoms with Crippen molar-refractivity contribution in [3.8, 4) is 16.9 Å². The molecule has 274 valence electrons. The number of rotatable bonds is 15. The minimum atomic E-state index is -0.496. The van der Waals surface area contributed by atoms with E-state index in [1.165, 1.54) is 0 Å². The summed E-state index contributed by atoms with van der Waals surface area (Å²) in [4.78, 5) is 33.2. The van der Waals surface area contributed by atoms with Crippen molar-refractivity contribution in [1.29, 1.82) is 0 Å². The van der Waals surface area contributed by atoms with Crippen LogP contribution in [0.25, 0.3) is 11.1 Å². The van der Waals surface area contributed by atoms with E-state index in [1.54, 1.807) is 4.90 Å². The number of carbonyl (C=O) groups excluding carboxylic acids is 2. The maximum Gasteiger partial charge on any atom is 0.410 e. The molecule has 3 fully saturated rings. The van der Waals surface area contributed by atoms with Crippen LogP contribution in [0.2, 0.25) is 10.0 Å². The van der Waals surface area contributed by atoms with Crippen LogP contribution in [0.3, 0.4) is 0 Å². The monoisotopic (exact) mass is 736 g/mol. The van der Waals surface area contributed by atoms with Gasteiger partial charge in [-0.2, -0.15) is 0 Å². The minimum Gasteiger partial charge on any atom is -0.490 e. The summed E-state index contributed by atoms with van der Waals surface area (Å²) in [5.74, 6) is 0.946. The van der Waals surface area contributed by atoms with Gasteiger partial charge in [0.05, 0.1) is 18.3 Å². The van der Waals surface area contributed by atoms with Crippen LogP contribution in [0.5, 0.6) is 5.75 Å². The molecule has 3 aliphatic rings. The molecule has 0 spiro atoms. The average Bonchev–Trinajstić information content (AvgIpc) is 4.05. The molecule has 2 saturated carbocycles. The van der Waals surface area contributed by atoms with Crippen LogP contribution in [-0.4, -0.2) is 77.8 Å². The highest BCUT2D eigenvalue weighted by Gasteiger charge is 2.48. The number of halogens is 2. The predicted octanol–water partition coefficient (Wildman–Crippen LogP) is 8.18. The first-order valence-corrected chi connectivity index (χ1v) is 19.0. The number of aromatic nitrogens is 1. The van der Waals surface area contributed by atoms with E-state index in [4.69, 9.17) is 37.4 Å². The standard InChI is InChI=1S/C40H50Cl2N4O5/c1-39(2,3)51-38(48)46-22-20-45(21-23-46)19-18-44-37(47)11-7-4-8-28-24-35(42)29(25-34(28)41)27-49-40(15-16-40)33-26-43-17-14-31(33)32-9-5-6-10-36(32)50-30-12-13-30/h5-6,9-10,14,17,24-26,30H,4,7-8,11-13,15-16,18-23,27H2,1-3H3,(H,44,47). The molecule has 11 heteroatoms. The van der Waals surface area contributed by atoms with Crippen LogP contribution in [0.1, 0.15) is 82.4 Å². The Labute approximate surface area is 311 Å². The zero-order valence-electron chi connectivity index (χ0n) is 30.0. The first-order chi connectivity index (χ1) is 24.5. The number of pyridine rings is 1. The number of carbonyl (C=O) groups is 2. The van der Waals surface area contributed by atoms with Gasteiger partial charge >= 0.3 is 6.09 Å². The summed E-state index contributed by atoms with van der Waals surface area (Å²) in [6.07, 6.45) is 10.6. The third kappa shape index (κ3) is 10.4. The molecule has 2 amide bonds. The molecule has 1 aliphatic heterocycles. The lowest BCUT2D eigenvalue weighted by molar-refractivity contribution is -0.121. The van der Waals surface area contributed by atoms with Gasteiger partial charge in [-0.1, -0.05) is 41.4 Å². The molecule has 3 aromatic rings. The number of benzene rings is 2. The molecule has 1 N–H and O–H groups in total. The van der Waals surface area contributed by atoms with Gasteiger partial charge in [0, 0.05) is 79.3 Å². The molecule has 2 heterocycles. The maximum absolute atomic E-state index is 12.5. The SMILES string of the molecule is CC(C)(C)OC(=O)N1CCN(CCNC(=O)CCCCc2cc(Cl)c(COC3(c4cnccc4-c4ccccc4OC4CC4)CC3)cc2Cl)CC1. The number of hydrogen-bond donors (Lipinski definition) is 1. The van der Waals surface area contributed by atoms with E-state index in [0.717, 1.165) is 98.1 Å². The summed E-state index contributed by atoms with van der Waals surface area (Å²) < 4.78 is 18.3. The maximum atomic E-state index is 12.5. The van der Waals surface area contributed by atoms with Gasteiger partial charge in [-0.15, -0.1) is 0 Å². The molecule has 1 saturated heterocycles. The topological polar surface area (TPSA) is 93.2 Å². The lowest BCUT2D eigenvalue weighted by Gasteiger charge is -2.35. The summed E-state index contributed by atoms with van der Waals surface area (Å²) in [6.45, 7) is 10.1. The van der Waals surface area contributed by atoms with E-state index < -0.39 is 11.2 Å². The van der Waals surface area contributed by atoms with Crippen molar-refractivity contribution in [3.63, 3.8) is 0 Å². The van der Waals surface area contributed by atoms with E-state index >= 15 is 0 Å². The van der Waals surface area contributed by atoms with Crippen molar-refractivity contribution >= 4 is 35.2 Å². The molecular formula is C40H50Cl2N4O5. The summed E-state index contributed by atoms with van der Waals surface area (Å²) in [7, 11) is 0. The van der Waals surface area contributed by atoms with Gasteiger partial charge < -0.3 is 24.4 Å². The fourth-order valence-electron chi connectivity index (χ4n) is 6.43. The molecule has 9 nitrogen and oxygen atoms in total. The predicted molar refractivity (Wildman–Crippen MR) is 200 cm³/mol. The second kappa shape index (κ2) is 16.5. The Morgan fingerprint density at radius 1 is 0.961 bits per heavy atom. The molecule has 6 rings (SSSR count). The molecule has 0 radical (unpaired) electrons. The van der Waals surface area contributed by atoms with Gasteiger partial charge in [0.25, 0.3) is 0 Å². The van der Waals surface area contributed by atoms with E-state index in [0.29, 0.717) is 48.8 Å². The molecule has 1 aromatic heterocycles. The van der Waals surface area contributed by atoms with Crippen LogP contribution in [0.4, 0.5) is 4.79 Å². The van der Waals surface area contributed by atoms with Crippen molar-refractivity contribution in [2.24, 2.45) is 0 Å². The summed E-state index contributed by atoms with van der Waals surface area (Å²) in [5, 5.41) is 4.32. The van der Waals surface area contributed by atoms with Gasteiger partial charge in [0.1, 0.15) is 11.4 Å². The summed E-state index contributed by atoms with van der Waals surface area (Å²) in [5.41, 5.74) is 4.11. The number of ether oxygens (including phenoxy) is 3. The Morgan fingerprint density at radius 3 is 2.41 bits per heavy atom. The fraction of sp³-hybridized carbons (Fsp3) is 0.525. The number of amides is 2. The van der Waals surface area contributed by atoms with Gasteiger partial charge in [-0.05, 0) is 107 Å². The second-order valence-electron chi connectivity index (χ2n) is 14.9. The summed E-state index contributed by atoms with van der Waals surface area (Å²) in [6, 6.07) is 14.1. The second-order valence-corrected chi connectivity index (χ2v) is 15.7. The van der Waals surface area contributed by atoms with Gasteiger partial charge in [0.2, 0.25) is 5.91 Å². The number of unbranched alkanes of at least 4 members (excludes halogenated alkanes) is 1. The quantitative estimate of drug-likeness (QED) is 0.157. The van der Waals surface area contributed by atoms with E-state index in [-0.39, 0.29) is 12.0 Å². The normalized spacial score (nSPS) is 17.2. The first-order valence-electron chi connectivity index (χ1n) is 18.3. The van der Waals surface area contributed by atoms with Gasteiger partial charge in [-0.25, -0.2) is 4.79 Å². The van der Waals surface area contributed by atoms with Crippen LogP contribution in [0.15, 0.2) is 54.9 Å². The smallest absolute Gasteiger partial charge is 0.410 e. The number of nitrogens with one attached hydrogen (secondary N) is 1. The molecular weight excluding hydrogens is 687 g/mol. The minimum absolute atomic E-state index is 0.0451. The third-order valence-electron chi connectivity index (χ3n) is 9.60. The Bertz CT molecular complexity index is 1680. The number of para-hydroxylation sites is 1. The highest BCUT2D eigenvalue weighted by molar-refractivity contribution is 6.34. The van der Waals surface area contributed by atoms with E-state index in [9.17, 15) is 9.59 Å². The molecule has 51 heavy (non-hydrogen) atoms. The molecule has 2 aliphatic carbocycles. The van der Waals surface area contributed by atoms with Crippen LogP contribution in [-0.2, 0) is 32.9 Å². The van der Waals surface area contributed by atoms with E-state index in [2.05, 4.69) is 27.3 Å². The molecule has 0 atom stereocenters. The van der Waals surface area contributed by atoms with Crippen molar-refractivity contribution in [3.05, 3.63) is 81.6 Å². The largest absolute Gasteiger partial charge is 0.490 e. The lowest BCUT2D eigenvalue weighted by atomic mass is 9.96. The zero-order chi connectivity index (χ0) is 36.0. The van der Waals surface area contributed by atoms with Crippen molar-refractivity contribution in [2.75, 3.05) is 39.3 Å². The summed E-state index contributed by atoms with van der Waals surface area (Å²) >= 11 is 13.5. The first kappa shape index (κ1) is 37.4. The third-order valence-corrected chi connectivity index (χ3v) is 10.3. The van der Waals surface area contributed by atoms with Crippen LogP contribution < -0.4 is 10.1 Å². The van der Waals surface area contributed by atoms with Gasteiger partial charge in [-0.3, -0.25) is 14.7 Å². The Hall–Kier alpha value is -3.37. The molecule has 0 unspecified atom stereocenters. The lowest BCUT2D eigenvalue weighted by Crippen LogP contribution is -2.51. The van der Waals surface area contributed by atoms with E-state index in [1.807, 2.05) is 63.5 Å². The molecule has 2 aromatic carbocycles. The number of piperazine rings is 1. The number of aryl methyl sites for hydroxylation is 1. The average molecular weight is 738 g/mol. The highest BCUT2D eigenvalue weighted by Crippen LogP contribution is 2.53. The fourth-order valence-corrected chi connectivity index (χ4v) is 6.95. The van der Waals surface area contributed by atoms with Crippen molar-refractivity contribution in [1.82, 2.24) is 20.1 Å². The highest BCUT2D eigenvalue weighted by atomic mass is 35.5. The van der Waals surface area contributed by atoms with Gasteiger partial charge in [0.15, 0.2) is 0 Å². The Morgan fingerprint density at radius 2 is 1.69 bits per heavy atom. The Balaban J connectivity index is 0.929. The number of hydrogen-bond acceptors (Lipinski definition) is 7. The number of nitrogens with zero attached hydrogens (tertiary/aromatic N) is 3. The van der Waals surface area contributed by atoms with Crippen molar-refractivity contribution in [2.45, 2.75) is 96.1 Å². The zero-order valence-corrected chi connectivity index (χ0v) is 31.5. The van der Waals surface area contributed by atoms with Crippen molar-refractivity contribution < 1.29 is 23.8 Å². The van der Waals surface area contributed by atoms with Crippen LogP contribution >= 0.6 is 23.2 Å². The molecule has 0 bridgehead atoms. The van der Waals surface area contributed by atoms with Crippen LogP contribution in [0, 0.1) is 0 Å².